The van der Waals surface area contributed by atoms with E-state index < -0.39 is 6.10 Å². The van der Waals surface area contributed by atoms with Gasteiger partial charge in [-0.25, -0.2) is 14.6 Å². The fourth-order valence-electron chi connectivity index (χ4n) is 2.59. The molecular weight excluding hydrogens is 370 g/mol. The van der Waals surface area contributed by atoms with E-state index in [1.807, 2.05) is 22.8 Å². The van der Waals surface area contributed by atoms with Crippen molar-refractivity contribution in [2.45, 2.75) is 19.6 Å². The number of fused-ring (bicyclic) bond motifs is 5. The Labute approximate surface area is 139 Å². The first-order valence-electron chi connectivity index (χ1n) is 6.69. The highest BCUT2D eigenvalue weighted by Crippen LogP contribution is 2.34. The number of hydrogen-bond acceptors (Lipinski definition) is 4. The number of imidazole rings is 1. The third-order valence-electron chi connectivity index (χ3n) is 3.64. The van der Waals surface area contributed by atoms with Gasteiger partial charge in [0.25, 0.3) is 0 Å². The molecule has 0 saturated carbocycles. The van der Waals surface area contributed by atoms with Crippen LogP contribution < -0.4 is 0 Å². The normalized spacial score (nSPS) is 14.0. The first kappa shape index (κ1) is 13.9. The number of nitrogens with zero attached hydrogens (tertiary/aromatic N) is 5. The summed E-state index contributed by atoms with van der Waals surface area (Å²) >= 11 is 9.70. The van der Waals surface area contributed by atoms with Crippen molar-refractivity contribution in [3.63, 3.8) is 0 Å². The molecule has 1 unspecified atom stereocenters. The summed E-state index contributed by atoms with van der Waals surface area (Å²) in [5.41, 5.74) is 2.67. The summed E-state index contributed by atoms with van der Waals surface area (Å²) in [6, 6.07) is 5.91. The van der Waals surface area contributed by atoms with Crippen molar-refractivity contribution in [2.24, 2.45) is 0 Å². The van der Waals surface area contributed by atoms with Gasteiger partial charge in [-0.2, -0.15) is 5.10 Å². The molecule has 3 aromatic rings. The molecule has 1 aromatic carbocycles. The molecule has 8 heteroatoms. The van der Waals surface area contributed by atoms with Crippen molar-refractivity contribution >= 4 is 27.5 Å². The molecule has 1 atom stereocenters. The lowest BCUT2D eigenvalue weighted by atomic mass is 10.1. The van der Waals surface area contributed by atoms with Crippen LogP contribution >= 0.6 is 27.5 Å². The molecule has 3 heterocycles. The molecule has 112 valence electrons. The average Bonchev–Trinajstić information content (AvgIpc) is 3.02. The lowest BCUT2D eigenvalue weighted by molar-refractivity contribution is 0.188. The number of aliphatic hydroxyl groups is 1. The third-order valence-corrected chi connectivity index (χ3v) is 4.44. The lowest BCUT2D eigenvalue weighted by Crippen LogP contribution is -2.06. The van der Waals surface area contributed by atoms with Crippen LogP contribution in [0.4, 0.5) is 0 Å². The van der Waals surface area contributed by atoms with Gasteiger partial charge in [0.05, 0.1) is 17.9 Å². The summed E-state index contributed by atoms with van der Waals surface area (Å²) in [6.45, 7) is 2.09. The summed E-state index contributed by atoms with van der Waals surface area (Å²) in [7, 11) is 0. The van der Waals surface area contributed by atoms with Crippen molar-refractivity contribution < 1.29 is 5.11 Å². The van der Waals surface area contributed by atoms with Crippen LogP contribution in [0.15, 0.2) is 29.0 Å². The van der Waals surface area contributed by atoms with Gasteiger partial charge in [-0.1, -0.05) is 27.5 Å². The maximum atomic E-state index is 9.76. The van der Waals surface area contributed by atoms with E-state index in [9.17, 15) is 5.11 Å². The van der Waals surface area contributed by atoms with E-state index in [0.717, 1.165) is 21.4 Å². The van der Waals surface area contributed by atoms with Gasteiger partial charge < -0.3 is 5.11 Å². The Morgan fingerprint density at radius 1 is 1.41 bits per heavy atom. The Balaban J connectivity index is 2.05. The van der Waals surface area contributed by atoms with Crippen LogP contribution in [0.5, 0.6) is 0 Å². The van der Waals surface area contributed by atoms with E-state index in [-0.39, 0.29) is 0 Å². The number of hydrogen-bond donors (Lipinski definition) is 1. The van der Waals surface area contributed by atoms with Crippen LogP contribution in [0.2, 0.25) is 5.15 Å². The number of benzene rings is 1. The maximum absolute atomic E-state index is 9.76. The van der Waals surface area contributed by atoms with Gasteiger partial charge in [-0.3, -0.25) is 4.57 Å². The molecule has 0 saturated heterocycles. The van der Waals surface area contributed by atoms with Gasteiger partial charge in [0.1, 0.15) is 12.4 Å². The monoisotopic (exact) mass is 379 g/mol. The minimum Gasteiger partial charge on any atom is -0.385 e. The first-order valence-corrected chi connectivity index (χ1v) is 7.86. The Kier molecular flexibility index (Phi) is 3.11. The standard InChI is InChI=1S/C14H11BrClN5O/c1-7(22)13-18-14-9-4-8(15)2-3-10(9)20-6-17-12(16)11(20)5-21(14)19-13/h2-4,6-7,22H,5H2,1H3. The highest BCUT2D eigenvalue weighted by Gasteiger charge is 2.25. The Bertz CT molecular complexity index is 885. The van der Waals surface area contributed by atoms with Crippen molar-refractivity contribution in [3.8, 4) is 17.1 Å². The average molecular weight is 381 g/mol. The molecule has 1 aliphatic rings. The summed E-state index contributed by atoms with van der Waals surface area (Å²) in [6.07, 6.45) is 0.974. The smallest absolute Gasteiger partial charge is 0.179 e. The van der Waals surface area contributed by atoms with Gasteiger partial charge in [-0.05, 0) is 25.1 Å². The molecule has 0 bridgehead atoms. The highest BCUT2D eigenvalue weighted by molar-refractivity contribution is 9.10. The molecule has 4 rings (SSSR count). The van der Waals surface area contributed by atoms with Gasteiger partial charge >= 0.3 is 0 Å². The fourth-order valence-corrected chi connectivity index (χ4v) is 3.14. The summed E-state index contributed by atoms with van der Waals surface area (Å²) in [5, 5.41) is 14.6. The van der Waals surface area contributed by atoms with E-state index in [1.165, 1.54) is 0 Å². The summed E-state index contributed by atoms with van der Waals surface area (Å²) in [4.78, 5) is 8.67. The summed E-state index contributed by atoms with van der Waals surface area (Å²) in [5.74, 6) is 1.09. The van der Waals surface area contributed by atoms with E-state index in [2.05, 4.69) is 31.0 Å². The second kappa shape index (κ2) is 4.91. The third kappa shape index (κ3) is 2.00. The van der Waals surface area contributed by atoms with E-state index >= 15 is 0 Å². The topological polar surface area (TPSA) is 68.8 Å². The molecular formula is C14H11BrClN5O. The SMILES string of the molecule is CC(O)c1nc2n(n1)Cc1c(Cl)ncn1-c1ccc(Br)cc1-2. The second-order valence-electron chi connectivity index (χ2n) is 5.14. The minimum atomic E-state index is -0.726. The number of halogens is 2. The fraction of sp³-hybridized carbons (Fsp3) is 0.214. The van der Waals surface area contributed by atoms with Crippen molar-refractivity contribution in [3.05, 3.63) is 45.7 Å². The molecule has 0 spiro atoms. The van der Waals surface area contributed by atoms with Gasteiger partial charge in [0.15, 0.2) is 16.8 Å². The van der Waals surface area contributed by atoms with Gasteiger partial charge in [0.2, 0.25) is 0 Å². The van der Waals surface area contributed by atoms with Gasteiger partial charge in [0, 0.05) is 10.0 Å². The molecule has 2 aromatic heterocycles. The minimum absolute atomic E-state index is 0.394. The zero-order chi connectivity index (χ0) is 15.4. The second-order valence-corrected chi connectivity index (χ2v) is 6.41. The number of rotatable bonds is 1. The van der Waals surface area contributed by atoms with E-state index in [1.54, 1.807) is 17.9 Å². The van der Waals surface area contributed by atoms with Crippen LogP contribution in [-0.4, -0.2) is 29.4 Å². The van der Waals surface area contributed by atoms with Crippen LogP contribution in [0.25, 0.3) is 17.1 Å². The van der Waals surface area contributed by atoms with Crippen LogP contribution in [-0.2, 0) is 6.54 Å². The maximum Gasteiger partial charge on any atom is 0.179 e. The van der Waals surface area contributed by atoms with Crippen molar-refractivity contribution in [1.29, 1.82) is 0 Å². The zero-order valence-electron chi connectivity index (χ0n) is 11.5. The van der Waals surface area contributed by atoms with Crippen LogP contribution in [0.1, 0.15) is 24.5 Å². The molecule has 0 amide bonds. The Hall–Kier alpha value is -1.70. The number of aliphatic hydroxyl groups excluding tert-OH is 1. The van der Waals surface area contributed by atoms with Crippen molar-refractivity contribution in [1.82, 2.24) is 24.3 Å². The summed E-state index contributed by atoms with van der Waals surface area (Å²) < 4.78 is 4.64. The largest absolute Gasteiger partial charge is 0.385 e. The van der Waals surface area contributed by atoms with Crippen LogP contribution in [0, 0.1) is 0 Å². The number of aromatic nitrogens is 5. The molecule has 0 radical (unpaired) electrons. The first-order chi connectivity index (χ1) is 10.5. The highest BCUT2D eigenvalue weighted by atomic mass is 79.9. The Morgan fingerprint density at radius 2 is 2.23 bits per heavy atom. The zero-order valence-corrected chi connectivity index (χ0v) is 13.9. The predicted octanol–water partition coefficient (Wildman–Crippen LogP) is 2.96. The Morgan fingerprint density at radius 3 is 3.00 bits per heavy atom. The van der Waals surface area contributed by atoms with Crippen molar-refractivity contribution in [2.75, 3.05) is 0 Å². The van der Waals surface area contributed by atoms with E-state index in [4.69, 9.17) is 11.6 Å². The molecule has 0 fully saturated rings. The van der Waals surface area contributed by atoms with E-state index in [0.29, 0.717) is 23.3 Å². The lowest BCUT2D eigenvalue weighted by Gasteiger charge is -2.08. The molecule has 22 heavy (non-hydrogen) atoms. The van der Waals surface area contributed by atoms with Crippen LogP contribution in [0.3, 0.4) is 0 Å². The quantitative estimate of drug-likeness (QED) is 0.551. The predicted molar refractivity (Wildman–Crippen MR) is 85.0 cm³/mol. The molecule has 0 aliphatic carbocycles. The molecule has 1 N–H and O–H groups in total. The molecule has 1 aliphatic heterocycles. The molecule has 6 nitrogen and oxygen atoms in total. The van der Waals surface area contributed by atoms with Gasteiger partial charge in [-0.15, -0.1) is 0 Å².